The highest BCUT2D eigenvalue weighted by molar-refractivity contribution is 6.31. The van der Waals surface area contributed by atoms with Crippen LogP contribution in [-0.4, -0.2) is 17.0 Å². The fourth-order valence-corrected chi connectivity index (χ4v) is 2.45. The van der Waals surface area contributed by atoms with Gasteiger partial charge in [-0.25, -0.2) is 8.78 Å². The molecular weight excluding hydrogens is 238 g/mol. The Morgan fingerprint density at radius 1 is 1.31 bits per heavy atom. The van der Waals surface area contributed by atoms with E-state index < -0.39 is 30.1 Å². The van der Waals surface area contributed by atoms with Crippen molar-refractivity contribution in [2.45, 2.75) is 24.2 Å². The van der Waals surface area contributed by atoms with Gasteiger partial charge in [0, 0.05) is 17.9 Å². The van der Waals surface area contributed by atoms with Crippen LogP contribution in [0, 0.1) is 0 Å². The molecule has 1 fully saturated rings. The van der Waals surface area contributed by atoms with Gasteiger partial charge in [0.15, 0.2) is 0 Å². The second-order valence-electron chi connectivity index (χ2n) is 4.08. The summed E-state index contributed by atoms with van der Waals surface area (Å²) in [6.07, 6.45) is -1.36. The highest BCUT2D eigenvalue weighted by Crippen LogP contribution is 2.54. The lowest BCUT2D eigenvalue weighted by atomic mass is 9.62. The first-order chi connectivity index (χ1) is 7.37. The van der Waals surface area contributed by atoms with Crippen molar-refractivity contribution in [1.29, 1.82) is 0 Å². The van der Waals surface area contributed by atoms with Gasteiger partial charge in [0.2, 0.25) is 0 Å². The number of carboxylic acids is 1. The number of benzene rings is 1. The van der Waals surface area contributed by atoms with E-state index in [-0.39, 0.29) is 10.6 Å². The molecule has 0 aromatic heterocycles. The first-order valence-electron chi connectivity index (χ1n) is 4.74. The smallest absolute Gasteiger partial charge is 0.314 e. The van der Waals surface area contributed by atoms with Gasteiger partial charge in [-0.05, 0) is 11.6 Å². The summed E-state index contributed by atoms with van der Waals surface area (Å²) in [5.41, 5.74) is -1.25. The summed E-state index contributed by atoms with van der Waals surface area (Å²) in [6, 6.07) is 6.24. The quantitative estimate of drug-likeness (QED) is 0.871. The average Bonchev–Trinajstić information content (AvgIpc) is 2.14. The number of hydrogen-bond acceptors (Lipinski definition) is 1. The van der Waals surface area contributed by atoms with Crippen molar-refractivity contribution in [3.05, 3.63) is 34.9 Å². The molecule has 1 aromatic rings. The van der Waals surface area contributed by atoms with E-state index in [1.807, 2.05) is 0 Å². The number of alkyl halides is 2. The summed E-state index contributed by atoms with van der Waals surface area (Å²) in [7, 11) is 0. The molecule has 0 aliphatic heterocycles. The fourth-order valence-electron chi connectivity index (χ4n) is 2.14. The maximum absolute atomic E-state index is 12.9. The zero-order valence-electron chi connectivity index (χ0n) is 8.21. The Kier molecular flexibility index (Phi) is 2.42. The molecule has 0 heterocycles. The zero-order valence-corrected chi connectivity index (χ0v) is 8.97. The van der Waals surface area contributed by atoms with Gasteiger partial charge in [-0.2, -0.15) is 0 Å². The van der Waals surface area contributed by atoms with Crippen LogP contribution in [0.3, 0.4) is 0 Å². The summed E-state index contributed by atoms with van der Waals surface area (Å²) in [4.78, 5) is 11.2. The van der Waals surface area contributed by atoms with E-state index in [1.165, 1.54) is 12.1 Å². The Labute approximate surface area is 95.8 Å². The highest BCUT2D eigenvalue weighted by atomic mass is 35.5. The Morgan fingerprint density at radius 2 is 1.88 bits per heavy atom. The summed E-state index contributed by atoms with van der Waals surface area (Å²) in [6.45, 7) is 0. The number of carboxylic acid groups (broad SMARTS) is 1. The molecule has 1 aromatic carbocycles. The maximum Gasteiger partial charge on any atom is 0.314 e. The van der Waals surface area contributed by atoms with Crippen molar-refractivity contribution in [1.82, 2.24) is 0 Å². The van der Waals surface area contributed by atoms with Crippen LogP contribution >= 0.6 is 11.6 Å². The number of hydrogen-bond donors (Lipinski definition) is 1. The molecule has 1 aliphatic rings. The minimum absolute atomic E-state index is 0.223. The Hall–Kier alpha value is -1.16. The van der Waals surface area contributed by atoms with E-state index in [2.05, 4.69) is 0 Å². The van der Waals surface area contributed by atoms with Gasteiger partial charge in [-0.3, -0.25) is 4.79 Å². The van der Waals surface area contributed by atoms with Gasteiger partial charge in [0.05, 0.1) is 0 Å². The van der Waals surface area contributed by atoms with Gasteiger partial charge in [-0.1, -0.05) is 29.8 Å². The molecule has 0 unspecified atom stereocenters. The molecule has 0 saturated heterocycles. The molecule has 5 heteroatoms. The predicted molar refractivity (Wildman–Crippen MR) is 54.9 cm³/mol. The van der Waals surface area contributed by atoms with Gasteiger partial charge >= 0.3 is 5.97 Å². The summed E-state index contributed by atoms with van der Waals surface area (Å²) in [5, 5.41) is 9.32. The summed E-state index contributed by atoms with van der Waals surface area (Å²) < 4.78 is 25.8. The number of rotatable bonds is 2. The monoisotopic (exact) mass is 246 g/mol. The van der Waals surface area contributed by atoms with Crippen molar-refractivity contribution in [2.24, 2.45) is 0 Å². The molecule has 0 spiro atoms. The fraction of sp³-hybridized carbons (Fsp3) is 0.364. The van der Waals surface area contributed by atoms with E-state index in [4.69, 9.17) is 16.7 Å². The van der Waals surface area contributed by atoms with Crippen LogP contribution in [0.2, 0.25) is 5.02 Å². The SMILES string of the molecule is O=C(O)C1(c2ccccc2Cl)CC(F)(F)C1. The predicted octanol–water partition coefficient (Wildman–Crippen LogP) is 3.09. The van der Waals surface area contributed by atoms with Crippen molar-refractivity contribution in [3.8, 4) is 0 Å². The third-order valence-electron chi connectivity index (χ3n) is 2.92. The van der Waals surface area contributed by atoms with E-state index in [1.54, 1.807) is 12.1 Å². The summed E-state index contributed by atoms with van der Waals surface area (Å²) in [5.74, 6) is -4.15. The van der Waals surface area contributed by atoms with E-state index in [0.717, 1.165) is 0 Å². The van der Waals surface area contributed by atoms with Crippen LogP contribution in [0.15, 0.2) is 24.3 Å². The molecule has 1 aliphatic carbocycles. The zero-order chi connectivity index (χ0) is 12.0. The molecule has 16 heavy (non-hydrogen) atoms. The van der Waals surface area contributed by atoms with Gasteiger partial charge in [0.1, 0.15) is 5.41 Å². The van der Waals surface area contributed by atoms with E-state index >= 15 is 0 Å². The highest BCUT2D eigenvalue weighted by Gasteiger charge is 2.62. The third-order valence-corrected chi connectivity index (χ3v) is 3.25. The van der Waals surface area contributed by atoms with Crippen molar-refractivity contribution in [3.63, 3.8) is 0 Å². The molecule has 86 valence electrons. The number of aliphatic carboxylic acids is 1. The third kappa shape index (κ3) is 1.57. The van der Waals surface area contributed by atoms with Crippen molar-refractivity contribution >= 4 is 17.6 Å². The molecule has 2 nitrogen and oxygen atoms in total. The minimum atomic E-state index is -2.91. The van der Waals surface area contributed by atoms with Crippen LogP contribution in [0.5, 0.6) is 0 Å². The Bertz CT molecular complexity index is 437. The Balaban J connectivity index is 2.44. The van der Waals surface area contributed by atoms with Gasteiger partial charge in [-0.15, -0.1) is 0 Å². The molecule has 1 N–H and O–H groups in total. The molecule has 0 radical (unpaired) electrons. The van der Waals surface area contributed by atoms with Crippen molar-refractivity contribution in [2.75, 3.05) is 0 Å². The van der Waals surface area contributed by atoms with E-state index in [9.17, 15) is 13.6 Å². The van der Waals surface area contributed by atoms with Crippen LogP contribution in [0.25, 0.3) is 0 Å². The molecule has 0 bridgehead atoms. The van der Waals surface area contributed by atoms with Crippen LogP contribution < -0.4 is 0 Å². The molecule has 0 amide bonds. The second-order valence-corrected chi connectivity index (χ2v) is 4.48. The average molecular weight is 247 g/mol. The van der Waals surface area contributed by atoms with Crippen molar-refractivity contribution < 1.29 is 18.7 Å². The van der Waals surface area contributed by atoms with Gasteiger partial charge in [0.25, 0.3) is 5.92 Å². The lowest BCUT2D eigenvalue weighted by Crippen LogP contribution is -2.54. The van der Waals surface area contributed by atoms with Gasteiger partial charge < -0.3 is 5.11 Å². The van der Waals surface area contributed by atoms with Crippen LogP contribution in [0.1, 0.15) is 18.4 Å². The van der Waals surface area contributed by atoms with Crippen LogP contribution in [-0.2, 0) is 10.2 Å². The van der Waals surface area contributed by atoms with Crippen LogP contribution in [0.4, 0.5) is 8.78 Å². The first kappa shape index (κ1) is 11.3. The first-order valence-corrected chi connectivity index (χ1v) is 5.11. The normalized spacial score (nSPS) is 21.2. The largest absolute Gasteiger partial charge is 0.481 e. The number of halogens is 3. The number of carbonyl (C=O) groups is 1. The molecule has 0 atom stereocenters. The lowest BCUT2D eigenvalue weighted by Gasteiger charge is -2.44. The molecule has 2 rings (SSSR count). The van der Waals surface area contributed by atoms with E-state index in [0.29, 0.717) is 0 Å². The summed E-state index contributed by atoms with van der Waals surface area (Å²) >= 11 is 5.85. The Morgan fingerprint density at radius 3 is 2.31 bits per heavy atom. The minimum Gasteiger partial charge on any atom is -0.481 e. The molecular formula is C11H9ClF2O2. The standard InChI is InChI=1S/C11H9ClF2O2/c12-8-4-2-1-3-7(8)10(9(15)16)5-11(13,14)6-10/h1-4H,5-6H2,(H,15,16). The maximum atomic E-state index is 12.9. The topological polar surface area (TPSA) is 37.3 Å². The molecule has 1 saturated carbocycles. The lowest BCUT2D eigenvalue weighted by molar-refractivity contribution is -0.174. The second kappa shape index (κ2) is 3.42.